The predicted molar refractivity (Wildman–Crippen MR) is 234 cm³/mol. The van der Waals surface area contributed by atoms with Crippen LogP contribution < -0.4 is 4.90 Å². The highest BCUT2D eigenvalue weighted by Gasteiger charge is 2.36. The van der Waals surface area contributed by atoms with Gasteiger partial charge in [0.05, 0.1) is 21.4 Å². The van der Waals surface area contributed by atoms with Gasteiger partial charge >= 0.3 is 0 Å². The molecule has 0 atom stereocenters. The van der Waals surface area contributed by atoms with E-state index in [4.69, 9.17) is 0 Å². The number of hydrogen-bond donors (Lipinski definition) is 0. The predicted octanol–water partition coefficient (Wildman–Crippen LogP) is 14.3. The summed E-state index contributed by atoms with van der Waals surface area (Å²) in [5.74, 6) is 0. The van der Waals surface area contributed by atoms with Gasteiger partial charge in [0.2, 0.25) is 0 Å². The van der Waals surface area contributed by atoms with Crippen molar-refractivity contribution >= 4 is 64.6 Å². The zero-order valence-electron chi connectivity index (χ0n) is 30.6. The molecule has 0 radical (unpaired) electrons. The van der Waals surface area contributed by atoms with Gasteiger partial charge in [-0.05, 0) is 118 Å². The molecule has 1 aliphatic heterocycles. The van der Waals surface area contributed by atoms with Gasteiger partial charge in [-0.1, -0.05) is 112 Å². The van der Waals surface area contributed by atoms with Gasteiger partial charge in [0, 0.05) is 49.7 Å². The Balaban J connectivity index is 1.24. The van der Waals surface area contributed by atoms with Gasteiger partial charge < -0.3 is 9.47 Å². The van der Waals surface area contributed by atoms with Crippen molar-refractivity contribution in [1.29, 1.82) is 0 Å². The third-order valence-corrected chi connectivity index (χ3v) is 12.8. The van der Waals surface area contributed by atoms with E-state index >= 15 is 0 Å². The van der Waals surface area contributed by atoms with E-state index in [1.807, 2.05) is 11.3 Å². The normalized spacial score (nSPS) is 17.7. The average Bonchev–Trinajstić information content (AvgIpc) is 3.81. The molecule has 54 heavy (non-hydrogen) atoms. The molecule has 260 valence electrons. The molecule has 2 aliphatic rings. The number of thiophene rings is 1. The summed E-state index contributed by atoms with van der Waals surface area (Å²) in [6, 6.07) is 47.0. The number of allylic oxidation sites excluding steroid dienone is 6. The molecule has 0 amide bonds. The van der Waals surface area contributed by atoms with E-state index in [1.54, 1.807) is 0 Å². The molecule has 3 heterocycles. The van der Waals surface area contributed by atoms with Crippen molar-refractivity contribution in [1.82, 2.24) is 4.57 Å². The Bertz CT molecular complexity index is 2940. The number of rotatable bonds is 3. The van der Waals surface area contributed by atoms with Crippen LogP contribution in [0.5, 0.6) is 0 Å². The Kier molecular flexibility index (Phi) is 7.50. The molecule has 8 aromatic rings. The molecular formula is C51H40N2S. The highest BCUT2D eigenvalue weighted by Crippen LogP contribution is 2.51. The first-order chi connectivity index (χ1) is 26.4. The number of hydrogen-bond acceptors (Lipinski definition) is 2. The lowest BCUT2D eigenvalue weighted by atomic mass is 9.82. The lowest BCUT2D eigenvalue weighted by Crippen LogP contribution is -2.14. The van der Waals surface area contributed by atoms with Gasteiger partial charge in [-0.25, -0.2) is 0 Å². The highest BCUT2D eigenvalue weighted by atomic mass is 32.1. The molecule has 6 aromatic carbocycles. The lowest BCUT2D eigenvalue weighted by molar-refractivity contribution is 0.661. The smallest absolute Gasteiger partial charge is 0.0640 e. The van der Waals surface area contributed by atoms with Crippen molar-refractivity contribution in [2.75, 3.05) is 4.90 Å². The molecule has 0 fully saturated rings. The maximum absolute atomic E-state index is 4.48. The van der Waals surface area contributed by atoms with Crippen LogP contribution in [-0.2, 0) is 5.41 Å². The first kappa shape index (κ1) is 32.5. The second-order valence-electron chi connectivity index (χ2n) is 15.1. The quantitative estimate of drug-likeness (QED) is 0.177. The first-order valence-corrected chi connectivity index (χ1v) is 19.6. The van der Waals surface area contributed by atoms with Crippen LogP contribution in [0.4, 0.5) is 5.69 Å². The Morgan fingerprint density at radius 2 is 1.43 bits per heavy atom. The minimum atomic E-state index is -0.109. The number of nitrogens with zero attached hydrogens (tertiary/aromatic N) is 2. The molecule has 3 heteroatoms. The van der Waals surface area contributed by atoms with E-state index in [1.165, 1.54) is 69.9 Å². The standard InChI is InChI=1S/C51H40N2S/c1-33-15-12-13-27-52(37-16-6-5-7-17-37)28-26-36(29-34(33)2)35-24-25-46-42(30-35)43-31-41-38-18-8-10-21-44(38)51(3,4)45(41)32-48(43)53(46)47-22-14-20-40-39-19-9-11-23-49(39)54-50(40)47/h5-11,13-14,16-32H,1-2,12,15H2,3-4H3/b27-13-,28-26-,36-29+. The third kappa shape index (κ3) is 5.07. The van der Waals surface area contributed by atoms with Gasteiger partial charge in [-0.2, -0.15) is 0 Å². The van der Waals surface area contributed by atoms with Gasteiger partial charge in [0.15, 0.2) is 0 Å². The van der Waals surface area contributed by atoms with Gasteiger partial charge in [0.25, 0.3) is 0 Å². The summed E-state index contributed by atoms with van der Waals surface area (Å²) in [4.78, 5) is 2.20. The Labute approximate surface area is 320 Å². The van der Waals surface area contributed by atoms with Gasteiger partial charge in [-0.3, -0.25) is 0 Å². The monoisotopic (exact) mass is 712 g/mol. The van der Waals surface area contributed by atoms with Crippen molar-refractivity contribution in [3.63, 3.8) is 0 Å². The highest BCUT2D eigenvalue weighted by molar-refractivity contribution is 7.26. The summed E-state index contributed by atoms with van der Waals surface area (Å²) in [6.07, 6.45) is 12.7. The Morgan fingerprint density at radius 3 is 2.31 bits per heavy atom. The molecule has 0 N–H and O–H groups in total. The van der Waals surface area contributed by atoms with E-state index in [0.29, 0.717) is 0 Å². The van der Waals surface area contributed by atoms with Crippen molar-refractivity contribution in [3.05, 3.63) is 199 Å². The molecule has 2 nitrogen and oxygen atoms in total. The maximum Gasteiger partial charge on any atom is 0.0640 e. The van der Waals surface area contributed by atoms with Crippen LogP contribution in [0, 0.1) is 0 Å². The number of anilines is 1. The fourth-order valence-electron chi connectivity index (χ4n) is 8.67. The summed E-state index contributed by atoms with van der Waals surface area (Å²) in [6.45, 7) is 13.6. The fraction of sp³-hybridized carbons (Fsp3) is 0.0980. The van der Waals surface area contributed by atoms with Crippen LogP contribution in [0.2, 0.25) is 0 Å². The average molecular weight is 713 g/mol. The van der Waals surface area contributed by atoms with E-state index in [0.717, 1.165) is 40.8 Å². The SMILES string of the molecule is C=C1/C=C(c2ccc3c(c2)c2cc4c(cc2n3-c2cccc3c2sc2ccccc23)C(C)(C)c2ccccc2-4)\C=C/N(c2ccccc2)/C=C\CCC1=C. The zero-order valence-corrected chi connectivity index (χ0v) is 31.5. The van der Waals surface area contributed by atoms with Crippen molar-refractivity contribution in [2.45, 2.75) is 32.1 Å². The number of aromatic nitrogens is 1. The first-order valence-electron chi connectivity index (χ1n) is 18.8. The van der Waals surface area contributed by atoms with Crippen molar-refractivity contribution in [2.24, 2.45) is 0 Å². The Morgan fingerprint density at radius 1 is 0.648 bits per heavy atom. The van der Waals surface area contributed by atoms with Crippen LogP contribution in [-0.4, -0.2) is 4.57 Å². The minimum absolute atomic E-state index is 0.109. The van der Waals surface area contributed by atoms with E-state index < -0.39 is 0 Å². The molecule has 10 rings (SSSR count). The van der Waals surface area contributed by atoms with E-state index in [2.05, 4.69) is 194 Å². The van der Waals surface area contributed by atoms with Crippen LogP contribution in [0.1, 0.15) is 43.4 Å². The van der Waals surface area contributed by atoms with Crippen LogP contribution in [0.3, 0.4) is 0 Å². The van der Waals surface area contributed by atoms with Gasteiger partial charge in [0.1, 0.15) is 0 Å². The molecule has 0 saturated carbocycles. The molecular weight excluding hydrogens is 673 g/mol. The number of para-hydroxylation sites is 1. The van der Waals surface area contributed by atoms with Crippen LogP contribution in [0.15, 0.2) is 182 Å². The molecule has 0 spiro atoms. The van der Waals surface area contributed by atoms with Crippen LogP contribution in [0.25, 0.3) is 64.4 Å². The minimum Gasteiger partial charge on any atom is -0.324 e. The molecule has 0 saturated heterocycles. The largest absolute Gasteiger partial charge is 0.324 e. The topological polar surface area (TPSA) is 8.17 Å². The fourth-order valence-corrected chi connectivity index (χ4v) is 9.87. The van der Waals surface area contributed by atoms with E-state index in [9.17, 15) is 0 Å². The maximum atomic E-state index is 4.48. The summed E-state index contributed by atoms with van der Waals surface area (Å²) < 4.78 is 5.14. The second kappa shape index (κ2) is 12.5. The zero-order chi connectivity index (χ0) is 36.6. The molecule has 2 aromatic heterocycles. The van der Waals surface area contributed by atoms with Crippen LogP contribution >= 0.6 is 11.3 Å². The second-order valence-corrected chi connectivity index (χ2v) is 16.2. The summed E-state index contributed by atoms with van der Waals surface area (Å²) in [5, 5.41) is 5.11. The lowest BCUT2D eigenvalue weighted by Gasteiger charge is -2.21. The number of fused-ring (bicyclic) bond motifs is 9. The summed E-state index contributed by atoms with van der Waals surface area (Å²) >= 11 is 1.89. The van der Waals surface area contributed by atoms with E-state index in [-0.39, 0.29) is 5.41 Å². The van der Waals surface area contributed by atoms with Gasteiger partial charge in [-0.15, -0.1) is 11.3 Å². The van der Waals surface area contributed by atoms with Crippen molar-refractivity contribution < 1.29 is 0 Å². The van der Waals surface area contributed by atoms with Crippen molar-refractivity contribution in [3.8, 4) is 16.8 Å². The summed E-state index contributed by atoms with van der Waals surface area (Å²) in [5.41, 5.74) is 14.4. The Hall–Kier alpha value is -6.16. The summed E-state index contributed by atoms with van der Waals surface area (Å²) in [7, 11) is 0. The molecule has 1 aliphatic carbocycles. The molecule has 0 unspecified atom stereocenters. The molecule has 0 bridgehead atoms. The third-order valence-electron chi connectivity index (χ3n) is 11.6. The number of benzene rings is 6.